The molecular formula is C23H21F2N5O3. The van der Waals surface area contributed by atoms with Gasteiger partial charge in [-0.05, 0) is 23.8 Å². The number of rotatable bonds is 6. The molecule has 2 aromatic carbocycles. The lowest BCUT2D eigenvalue weighted by molar-refractivity contribution is -0.0505. The van der Waals surface area contributed by atoms with Crippen LogP contribution in [0.25, 0.3) is 22.0 Å². The minimum atomic E-state index is -2.93. The van der Waals surface area contributed by atoms with Gasteiger partial charge in [0.15, 0.2) is 0 Å². The molecule has 0 saturated carbocycles. The van der Waals surface area contributed by atoms with Gasteiger partial charge in [-0.1, -0.05) is 24.3 Å². The van der Waals surface area contributed by atoms with Crippen LogP contribution in [-0.4, -0.2) is 52.7 Å². The number of nitrogens with zero attached hydrogens (tertiary/aromatic N) is 4. The number of aromatic nitrogens is 4. The van der Waals surface area contributed by atoms with E-state index in [0.29, 0.717) is 35.6 Å². The first kappa shape index (κ1) is 21.1. The fraction of sp³-hybridized carbons (Fsp3) is 0.261. The molecule has 0 unspecified atom stereocenters. The van der Waals surface area contributed by atoms with Crippen LogP contribution in [0.3, 0.4) is 0 Å². The number of nitrogens with one attached hydrogen (secondary N) is 1. The molecule has 0 radical (unpaired) electrons. The molecule has 8 nitrogen and oxygen atoms in total. The van der Waals surface area contributed by atoms with E-state index in [1.54, 1.807) is 41.3 Å². The van der Waals surface area contributed by atoms with Crippen molar-refractivity contribution in [3.05, 3.63) is 70.8 Å². The lowest BCUT2D eigenvalue weighted by atomic mass is 10.1. The third-order valence-electron chi connectivity index (χ3n) is 5.55. The fourth-order valence-electron chi connectivity index (χ4n) is 3.91. The summed E-state index contributed by atoms with van der Waals surface area (Å²) >= 11 is 0. The molecule has 1 aliphatic rings. The van der Waals surface area contributed by atoms with Gasteiger partial charge in [0, 0.05) is 36.6 Å². The predicted octanol–water partition coefficient (Wildman–Crippen LogP) is 3.27. The van der Waals surface area contributed by atoms with E-state index in [1.807, 2.05) is 12.1 Å². The Labute approximate surface area is 187 Å². The van der Waals surface area contributed by atoms with Gasteiger partial charge in [-0.15, -0.1) is 0 Å². The van der Waals surface area contributed by atoms with E-state index in [1.165, 1.54) is 6.07 Å². The van der Waals surface area contributed by atoms with Crippen molar-refractivity contribution >= 4 is 16.9 Å². The summed E-state index contributed by atoms with van der Waals surface area (Å²) in [6, 6.07) is 11.9. The highest BCUT2D eigenvalue weighted by Gasteiger charge is 2.15. The van der Waals surface area contributed by atoms with Crippen LogP contribution in [0.1, 0.15) is 5.56 Å². The molecule has 5 rings (SSSR count). The first-order valence-corrected chi connectivity index (χ1v) is 10.5. The van der Waals surface area contributed by atoms with E-state index in [-0.39, 0.29) is 17.9 Å². The third kappa shape index (κ3) is 4.42. The van der Waals surface area contributed by atoms with Gasteiger partial charge in [0.05, 0.1) is 30.7 Å². The Kier molecular flexibility index (Phi) is 5.74. The number of anilines is 1. The summed E-state index contributed by atoms with van der Waals surface area (Å²) in [4.78, 5) is 23.5. The number of para-hydroxylation sites is 1. The van der Waals surface area contributed by atoms with Crippen molar-refractivity contribution in [1.82, 2.24) is 19.7 Å². The number of ether oxygens (including phenoxy) is 2. The Morgan fingerprint density at radius 1 is 1.06 bits per heavy atom. The van der Waals surface area contributed by atoms with Gasteiger partial charge in [0.1, 0.15) is 5.75 Å². The SMILES string of the molecule is O=c1[nH]n(Cc2ccccc2OC(F)F)c2cc(-c3cnc(N4CCOCC4)nc3)ccc12. The number of benzene rings is 2. The van der Waals surface area contributed by atoms with Crippen LogP contribution < -0.4 is 15.2 Å². The van der Waals surface area contributed by atoms with Crippen LogP contribution in [0, 0.1) is 0 Å². The number of halogens is 2. The largest absolute Gasteiger partial charge is 0.434 e. The fourth-order valence-corrected chi connectivity index (χ4v) is 3.91. The lowest BCUT2D eigenvalue weighted by Gasteiger charge is -2.26. The summed E-state index contributed by atoms with van der Waals surface area (Å²) in [5, 5.41) is 3.28. The Morgan fingerprint density at radius 2 is 1.82 bits per heavy atom. The number of H-pyrrole nitrogens is 1. The summed E-state index contributed by atoms with van der Waals surface area (Å²) in [6.45, 7) is 0.0300. The topological polar surface area (TPSA) is 85.3 Å². The monoisotopic (exact) mass is 453 g/mol. The van der Waals surface area contributed by atoms with Gasteiger partial charge in [-0.25, -0.2) is 9.97 Å². The molecular weight excluding hydrogens is 432 g/mol. The maximum Gasteiger partial charge on any atom is 0.387 e. The van der Waals surface area contributed by atoms with Crippen LogP contribution in [0.4, 0.5) is 14.7 Å². The molecule has 1 aliphatic heterocycles. The van der Waals surface area contributed by atoms with Crippen molar-refractivity contribution in [1.29, 1.82) is 0 Å². The maximum absolute atomic E-state index is 12.8. The maximum atomic E-state index is 12.8. The first-order valence-electron chi connectivity index (χ1n) is 10.5. The molecule has 170 valence electrons. The molecule has 0 amide bonds. The first-order chi connectivity index (χ1) is 16.1. The van der Waals surface area contributed by atoms with E-state index in [2.05, 4.69) is 24.7 Å². The zero-order valence-electron chi connectivity index (χ0n) is 17.6. The van der Waals surface area contributed by atoms with Crippen LogP contribution in [0.5, 0.6) is 5.75 Å². The minimum Gasteiger partial charge on any atom is -0.434 e. The molecule has 0 spiro atoms. The van der Waals surface area contributed by atoms with Crippen LogP contribution >= 0.6 is 0 Å². The summed E-state index contributed by atoms with van der Waals surface area (Å²) < 4.78 is 37.2. The van der Waals surface area contributed by atoms with E-state index < -0.39 is 6.61 Å². The van der Waals surface area contributed by atoms with Gasteiger partial charge >= 0.3 is 6.61 Å². The van der Waals surface area contributed by atoms with Crippen LogP contribution in [-0.2, 0) is 11.3 Å². The van der Waals surface area contributed by atoms with Crippen molar-refractivity contribution in [2.24, 2.45) is 0 Å². The summed E-state index contributed by atoms with van der Waals surface area (Å²) in [5.74, 6) is 0.718. The Bertz CT molecular complexity index is 1310. The summed E-state index contributed by atoms with van der Waals surface area (Å²) in [6.07, 6.45) is 3.50. The lowest BCUT2D eigenvalue weighted by Crippen LogP contribution is -2.37. The van der Waals surface area contributed by atoms with Gasteiger partial charge in [-0.3, -0.25) is 14.6 Å². The number of fused-ring (bicyclic) bond motifs is 1. The molecule has 1 N–H and O–H groups in total. The number of morpholine rings is 1. The van der Waals surface area contributed by atoms with E-state index in [4.69, 9.17) is 4.74 Å². The molecule has 0 bridgehead atoms. The van der Waals surface area contributed by atoms with Crippen molar-refractivity contribution in [3.63, 3.8) is 0 Å². The predicted molar refractivity (Wildman–Crippen MR) is 119 cm³/mol. The molecule has 4 aromatic rings. The van der Waals surface area contributed by atoms with Crippen molar-refractivity contribution in [2.45, 2.75) is 13.2 Å². The van der Waals surface area contributed by atoms with Gasteiger partial charge < -0.3 is 14.4 Å². The third-order valence-corrected chi connectivity index (χ3v) is 5.55. The van der Waals surface area contributed by atoms with Crippen molar-refractivity contribution in [3.8, 4) is 16.9 Å². The summed E-state index contributed by atoms with van der Waals surface area (Å²) in [7, 11) is 0. The quantitative estimate of drug-likeness (QED) is 0.482. The molecule has 1 saturated heterocycles. The number of hydrogen-bond acceptors (Lipinski definition) is 6. The second-order valence-corrected chi connectivity index (χ2v) is 7.62. The number of aromatic amines is 1. The second kappa shape index (κ2) is 8.99. The van der Waals surface area contributed by atoms with E-state index in [0.717, 1.165) is 24.2 Å². The average molecular weight is 453 g/mol. The normalized spacial score (nSPS) is 14.2. The van der Waals surface area contributed by atoms with E-state index >= 15 is 0 Å². The zero-order valence-corrected chi connectivity index (χ0v) is 17.6. The molecule has 1 fully saturated rings. The molecule has 33 heavy (non-hydrogen) atoms. The van der Waals surface area contributed by atoms with Crippen LogP contribution in [0.2, 0.25) is 0 Å². The summed E-state index contributed by atoms with van der Waals surface area (Å²) in [5.41, 5.74) is 2.54. The van der Waals surface area contributed by atoms with Gasteiger partial charge in [-0.2, -0.15) is 8.78 Å². The minimum absolute atomic E-state index is 0.0680. The number of alkyl halides is 2. The molecule has 0 aliphatic carbocycles. The average Bonchev–Trinajstić information content (AvgIpc) is 3.15. The van der Waals surface area contributed by atoms with Gasteiger partial charge in [0.2, 0.25) is 5.95 Å². The number of hydrogen-bond donors (Lipinski definition) is 1. The smallest absolute Gasteiger partial charge is 0.387 e. The second-order valence-electron chi connectivity index (χ2n) is 7.62. The van der Waals surface area contributed by atoms with Gasteiger partial charge in [0.25, 0.3) is 5.56 Å². The molecule has 10 heteroatoms. The highest BCUT2D eigenvalue weighted by atomic mass is 19.3. The zero-order chi connectivity index (χ0) is 22.8. The molecule has 0 atom stereocenters. The van der Waals surface area contributed by atoms with Crippen LogP contribution in [0.15, 0.2) is 59.7 Å². The Morgan fingerprint density at radius 3 is 2.58 bits per heavy atom. The van der Waals surface area contributed by atoms with E-state index in [9.17, 15) is 13.6 Å². The molecule has 3 heterocycles. The Balaban J connectivity index is 1.46. The van der Waals surface area contributed by atoms with Crippen molar-refractivity contribution < 1.29 is 18.3 Å². The standard InChI is InChI=1S/C23H21F2N5O3/c24-22(25)33-20-4-2-1-3-16(20)14-30-19-11-15(5-6-18(19)21(31)28-30)17-12-26-23(27-13-17)29-7-9-32-10-8-29/h1-6,11-13,22H,7-10,14H2,(H,28,31). The Hall–Kier alpha value is -3.79. The van der Waals surface area contributed by atoms with Crippen molar-refractivity contribution in [2.75, 3.05) is 31.2 Å². The molecule has 2 aromatic heterocycles. The highest BCUT2D eigenvalue weighted by molar-refractivity contribution is 5.84. The highest BCUT2D eigenvalue weighted by Crippen LogP contribution is 2.26.